The number of nitrogens with one attached hydrogen (secondary N) is 1. The van der Waals surface area contributed by atoms with Gasteiger partial charge in [0, 0.05) is 5.56 Å². The number of nitrogens with two attached hydrogens (primary N) is 1. The maximum Gasteiger partial charge on any atom is 0.149 e. The molecule has 0 spiro atoms. The highest BCUT2D eigenvalue weighted by Gasteiger charge is 2.09. The molecular weight excluding hydrogens is 300 g/mol. The fraction of sp³-hybridized carbons (Fsp3) is 0.0909. The number of aromatic amines is 1. The minimum absolute atomic E-state index is 0.533. The Hall–Kier alpha value is -1.40. The van der Waals surface area contributed by atoms with Gasteiger partial charge in [-0.25, -0.2) is 9.97 Å². The molecule has 0 aliphatic heterocycles. The molecular formula is C11H9BrN4S. The van der Waals surface area contributed by atoms with Gasteiger partial charge in [0.05, 0.1) is 11.0 Å². The van der Waals surface area contributed by atoms with Crippen molar-refractivity contribution in [3.63, 3.8) is 0 Å². The zero-order valence-corrected chi connectivity index (χ0v) is 11.4. The second-order valence-electron chi connectivity index (χ2n) is 3.73. The number of rotatable bonds is 1. The molecule has 1 aromatic carbocycles. The van der Waals surface area contributed by atoms with Crippen molar-refractivity contribution in [3.8, 4) is 10.6 Å². The number of nitrogens with zero attached hydrogens (tertiary/aromatic N) is 2. The third-order valence-corrected chi connectivity index (χ3v) is 4.26. The molecule has 3 rings (SSSR count). The third kappa shape index (κ3) is 1.83. The molecule has 0 unspecified atom stereocenters. The number of hydrogen-bond acceptors (Lipinski definition) is 4. The standard InChI is InChI=1S/C11H9BrN4S/c1-5-14-7-3-2-6(4-8(7)15-5)11-16-10(13)9(12)17-11/h2-4H,13H2,1H3,(H,14,15). The normalized spacial score (nSPS) is 11.2. The molecule has 0 aliphatic rings. The molecule has 0 fully saturated rings. The highest BCUT2D eigenvalue weighted by atomic mass is 79.9. The topological polar surface area (TPSA) is 67.6 Å². The van der Waals surface area contributed by atoms with E-state index in [2.05, 4.69) is 30.9 Å². The minimum atomic E-state index is 0.533. The van der Waals surface area contributed by atoms with Crippen molar-refractivity contribution in [1.29, 1.82) is 0 Å². The van der Waals surface area contributed by atoms with Gasteiger partial charge in [-0.2, -0.15) is 0 Å². The molecule has 0 bridgehead atoms. The van der Waals surface area contributed by atoms with Gasteiger partial charge in [0.2, 0.25) is 0 Å². The van der Waals surface area contributed by atoms with Gasteiger partial charge in [0.25, 0.3) is 0 Å². The number of H-pyrrole nitrogens is 1. The van der Waals surface area contributed by atoms with E-state index in [1.165, 1.54) is 11.3 Å². The molecule has 2 aromatic heterocycles. The van der Waals surface area contributed by atoms with E-state index < -0.39 is 0 Å². The molecule has 3 aromatic rings. The van der Waals surface area contributed by atoms with Gasteiger partial charge < -0.3 is 10.7 Å². The number of aryl methyl sites for hydroxylation is 1. The van der Waals surface area contributed by atoms with Gasteiger partial charge in [0.15, 0.2) is 0 Å². The second kappa shape index (κ2) is 3.82. The fourth-order valence-electron chi connectivity index (χ4n) is 1.71. The summed E-state index contributed by atoms with van der Waals surface area (Å²) in [6.45, 7) is 1.94. The van der Waals surface area contributed by atoms with E-state index in [0.717, 1.165) is 31.2 Å². The molecule has 0 amide bonds. The van der Waals surface area contributed by atoms with E-state index in [-0.39, 0.29) is 0 Å². The molecule has 4 nitrogen and oxygen atoms in total. The van der Waals surface area contributed by atoms with Gasteiger partial charge in [-0.05, 0) is 41.1 Å². The summed E-state index contributed by atoms with van der Waals surface area (Å²) >= 11 is 4.91. The van der Waals surface area contributed by atoms with Crippen LogP contribution in [0.4, 0.5) is 5.82 Å². The molecule has 0 saturated heterocycles. The van der Waals surface area contributed by atoms with Crippen molar-refractivity contribution < 1.29 is 0 Å². The summed E-state index contributed by atoms with van der Waals surface area (Å²) in [6.07, 6.45) is 0. The summed E-state index contributed by atoms with van der Waals surface area (Å²) in [4.78, 5) is 11.9. The number of aromatic nitrogens is 3. The molecule has 6 heteroatoms. The zero-order valence-electron chi connectivity index (χ0n) is 8.99. The van der Waals surface area contributed by atoms with Crippen LogP contribution >= 0.6 is 27.3 Å². The highest BCUT2D eigenvalue weighted by molar-refractivity contribution is 9.11. The van der Waals surface area contributed by atoms with Crippen LogP contribution in [0.2, 0.25) is 0 Å². The first kappa shape index (κ1) is 10.7. The summed E-state index contributed by atoms with van der Waals surface area (Å²) in [5.41, 5.74) is 8.76. The van der Waals surface area contributed by atoms with Crippen LogP contribution in [0.3, 0.4) is 0 Å². The lowest BCUT2D eigenvalue weighted by atomic mass is 10.2. The summed E-state index contributed by atoms with van der Waals surface area (Å²) in [5.74, 6) is 1.45. The fourth-order valence-corrected chi connectivity index (χ4v) is 2.96. The van der Waals surface area contributed by atoms with Crippen LogP contribution in [0.5, 0.6) is 0 Å². The van der Waals surface area contributed by atoms with Crippen LogP contribution in [-0.4, -0.2) is 15.0 Å². The molecule has 2 heterocycles. The predicted molar refractivity (Wildman–Crippen MR) is 74.1 cm³/mol. The van der Waals surface area contributed by atoms with Crippen LogP contribution in [0.25, 0.3) is 21.6 Å². The van der Waals surface area contributed by atoms with Crippen LogP contribution in [-0.2, 0) is 0 Å². The summed E-state index contributed by atoms with van der Waals surface area (Å²) in [7, 11) is 0. The number of fused-ring (bicyclic) bond motifs is 1. The summed E-state index contributed by atoms with van der Waals surface area (Å²) < 4.78 is 0.869. The smallest absolute Gasteiger partial charge is 0.149 e. The molecule has 0 saturated carbocycles. The molecule has 0 radical (unpaired) electrons. The molecule has 86 valence electrons. The SMILES string of the molecule is Cc1nc2ccc(-c3nc(N)c(Br)s3)cc2[nH]1. The van der Waals surface area contributed by atoms with Crippen molar-refractivity contribution in [2.75, 3.05) is 5.73 Å². The number of benzene rings is 1. The first-order chi connectivity index (χ1) is 8.13. The van der Waals surface area contributed by atoms with Crippen molar-refractivity contribution in [2.45, 2.75) is 6.92 Å². The molecule has 3 N–H and O–H groups in total. The van der Waals surface area contributed by atoms with Gasteiger partial charge in [-0.15, -0.1) is 11.3 Å². The third-order valence-electron chi connectivity index (χ3n) is 2.46. The number of halogens is 1. The first-order valence-corrected chi connectivity index (χ1v) is 6.63. The predicted octanol–water partition coefficient (Wildman–Crippen LogP) is 3.34. The Morgan fingerprint density at radius 1 is 1.35 bits per heavy atom. The highest BCUT2D eigenvalue weighted by Crippen LogP contribution is 2.34. The van der Waals surface area contributed by atoms with Crippen LogP contribution < -0.4 is 5.73 Å². The largest absolute Gasteiger partial charge is 0.382 e. The Morgan fingerprint density at radius 3 is 2.88 bits per heavy atom. The number of nitrogen functional groups attached to an aromatic ring is 1. The van der Waals surface area contributed by atoms with E-state index in [0.29, 0.717) is 5.82 Å². The number of hydrogen-bond donors (Lipinski definition) is 2. The van der Waals surface area contributed by atoms with Crippen LogP contribution in [0, 0.1) is 6.92 Å². The van der Waals surface area contributed by atoms with E-state index in [9.17, 15) is 0 Å². The van der Waals surface area contributed by atoms with Gasteiger partial charge in [-0.1, -0.05) is 0 Å². The van der Waals surface area contributed by atoms with Crippen LogP contribution in [0.15, 0.2) is 22.0 Å². The Kier molecular flexibility index (Phi) is 2.41. The van der Waals surface area contributed by atoms with E-state index in [1.54, 1.807) is 0 Å². The number of thiazole rings is 1. The molecule has 17 heavy (non-hydrogen) atoms. The van der Waals surface area contributed by atoms with Gasteiger partial charge >= 0.3 is 0 Å². The maximum atomic E-state index is 5.73. The van der Waals surface area contributed by atoms with Crippen molar-refractivity contribution in [3.05, 3.63) is 27.8 Å². The molecule has 0 atom stereocenters. The first-order valence-electron chi connectivity index (χ1n) is 5.02. The summed E-state index contributed by atoms with van der Waals surface area (Å²) in [6, 6.07) is 6.03. The lowest BCUT2D eigenvalue weighted by molar-refractivity contribution is 1.17. The van der Waals surface area contributed by atoms with Crippen LogP contribution in [0.1, 0.15) is 5.82 Å². The Bertz CT molecular complexity index is 681. The van der Waals surface area contributed by atoms with E-state index in [4.69, 9.17) is 5.73 Å². The minimum Gasteiger partial charge on any atom is -0.382 e. The van der Waals surface area contributed by atoms with E-state index in [1.807, 2.05) is 25.1 Å². The van der Waals surface area contributed by atoms with Gasteiger partial charge in [-0.3, -0.25) is 0 Å². The number of anilines is 1. The Balaban J connectivity index is 2.16. The molecule has 0 aliphatic carbocycles. The van der Waals surface area contributed by atoms with E-state index >= 15 is 0 Å². The quantitative estimate of drug-likeness (QED) is 0.724. The van der Waals surface area contributed by atoms with Gasteiger partial charge in [0.1, 0.15) is 20.4 Å². The number of imidazole rings is 1. The lowest BCUT2D eigenvalue weighted by Gasteiger charge is -1.95. The average molecular weight is 309 g/mol. The lowest BCUT2D eigenvalue weighted by Crippen LogP contribution is -1.84. The Labute approximate surface area is 110 Å². The second-order valence-corrected chi connectivity index (χ2v) is 6.05. The Morgan fingerprint density at radius 2 is 2.18 bits per heavy atom. The maximum absolute atomic E-state index is 5.73. The zero-order chi connectivity index (χ0) is 12.0. The van der Waals surface area contributed by atoms with Crippen molar-refractivity contribution in [1.82, 2.24) is 15.0 Å². The van der Waals surface area contributed by atoms with Crippen molar-refractivity contribution >= 4 is 44.1 Å². The summed E-state index contributed by atoms with van der Waals surface area (Å²) in [5, 5.41) is 0.906. The average Bonchev–Trinajstić information content (AvgIpc) is 2.80. The van der Waals surface area contributed by atoms with Crippen molar-refractivity contribution in [2.24, 2.45) is 0 Å². The monoisotopic (exact) mass is 308 g/mol.